The molecular weight excluding hydrogens is 238 g/mol. The molecule has 0 unspecified atom stereocenters. The second-order valence-electron chi connectivity index (χ2n) is 4.42. The van der Waals surface area contributed by atoms with Gasteiger partial charge in [0.2, 0.25) is 5.91 Å². The molecule has 0 fully saturated rings. The van der Waals surface area contributed by atoms with Crippen LogP contribution in [0, 0.1) is 6.92 Å². The number of carbonyl (C=O) groups excluding carboxylic acids is 1. The summed E-state index contributed by atoms with van der Waals surface area (Å²) in [5, 5.41) is 2.91. The van der Waals surface area contributed by atoms with Gasteiger partial charge in [0.05, 0.1) is 6.04 Å². The van der Waals surface area contributed by atoms with Crippen molar-refractivity contribution in [3.05, 3.63) is 65.6 Å². The highest BCUT2D eigenvalue weighted by Gasteiger charge is 2.06. The number of benzene rings is 1. The fourth-order valence-corrected chi connectivity index (χ4v) is 1.79. The average molecular weight is 255 g/mol. The van der Waals surface area contributed by atoms with Crippen LogP contribution in [-0.2, 0) is 4.79 Å². The number of hydrogen-bond donors (Lipinski definition) is 1. The van der Waals surface area contributed by atoms with E-state index in [0.29, 0.717) is 5.76 Å². The van der Waals surface area contributed by atoms with Gasteiger partial charge < -0.3 is 9.73 Å². The van der Waals surface area contributed by atoms with E-state index in [-0.39, 0.29) is 11.9 Å². The van der Waals surface area contributed by atoms with Crippen LogP contribution in [0.4, 0.5) is 0 Å². The minimum atomic E-state index is -0.134. The van der Waals surface area contributed by atoms with E-state index in [9.17, 15) is 4.79 Å². The number of aryl methyl sites for hydroxylation is 1. The summed E-state index contributed by atoms with van der Waals surface area (Å²) in [6.07, 6.45) is 3.15. The molecule has 1 atom stereocenters. The van der Waals surface area contributed by atoms with E-state index in [0.717, 1.165) is 11.3 Å². The Morgan fingerprint density at radius 2 is 1.95 bits per heavy atom. The quantitative estimate of drug-likeness (QED) is 0.850. The van der Waals surface area contributed by atoms with Gasteiger partial charge in [-0.1, -0.05) is 30.3 Å². The van der Waals surface area contributed by atoms with Gasteiger partial charge in [-0.15, -0.1) is 0 Å². The molecule has 0 saturated heterocycles. The number of amides is 1. The van der Waals surface area contributed by atoms with Crippen LogP contribution in [0.25, 0.3) is 6.08 Å². The predicted octanol–water partition coefficient (Wildman–Crippen LogP) is 3.48. The number of rotatable bonds is 4. The molecule has 0 radical (unpaired) electrons. The lowest BCUT2D eigenvalue weighted by atomic mass is 10.1. The molecule has 3 heteroatoms. The lowest BCUT2D eigenvalue weighted by Gasteiger charge is -2.12. The molecular formula is C16H17NO2. The van der Waals surface area contributed by atoms with E-state index in [4.69, 9.17) is 4.42 Å². The molecule has 3 nitrogen and oxygen atoms in total. The predicted molar refractivity (Wildman–Crippen MR) is 75.5 cm³/mol. The van der Waals surface area contributed by atoms with Crippen molar-refractivity contribution in [3.8, 4) is 0 Å². The van der Waals surface area contributed by atoms with Crippen molar-refractivity contribution in [1.29, 1.82) is 0 Å². The van der Waals surface area contributed by atoms with E-state index >= 15 is 0 Å². The van der Waals surface area contributed by atoms with E-state index in [2.05, 4.69) is 5.32 Å². The first-order valence-corrected chi connectivity index (χ1v) is 6.25. The van der Waals surface area contributed by atoms with Crippen molar-refractivity contribution >= 4 is 12.0 Å². The Labute approximate surface area is 112 Å². The van der Waals surface area contributed by atoms with E-state index in [1.165, 1.54) is 6.08 Å². The monoisotopic (exact) mass is 255 g/mol. The van der Waals surface area contributed by atoms with Crippen LogP contribution in [0.15, 0.2) is 53.0 Å². The van der Waals surface area contributed by atoms with Gasteiger partial charge in [-0.05, 0) is 37.6 Å². The smallest absolute Gasteiger partial charge is 0.244 e. The van der Waals surface area contributed by atoms with Crippen molar-refractivity contribution in [2.45, 2.75) is 19.9 Å². The van der Waals surface area contributed by atoms with Gasteiger partial charge in [-0.3, -0.25) is 4.79 Å². The van der Waals surface area contributed by atoms with E-state index in [1.54, 1.807) is 6.08 Å². The van der Waals surface area contributed by atoms with Gasteiger partial charge >= 0.3 is 0 Å². The zero-order valence-corrected chi connectivity index (χ0v) is 11.1. The Kier molecular flexibility index (Phi) is 4.18. The van der Waals surface area contributed by atoms with Crippen molar-refractivity contribution in [2.24, 2.45) is 0 Å². The maximum absolute atomic E-state index is 11.8. The fraction of sp³-hybridized carbons (Fsp3) is 0.188. The third-order valence-corrected chi connectivity index (χ3v) is 2.82. The summed E-state index contributed by atoms with van der Waals surface area (Å²) in [5.41, 5.74) is 1.08. The summed E-state index contributed by atoms with van der Waals surface area (Å²) in [6, 6.07) is 13.5. The maximum Gasteiger partial charge on any atom is 0.244 e. The van der Waals surface area contributed by atoms with Gasteiger partial charge in [0, 0.05) is 6.08 Å². The van der Waals surface area contributed by atoms with Gasteiger partial charge in [0.1, 0.15) is 11.5 Å². The molecule has 0 saturated carbocycles. The normalized spacial score (nSPS) is 12.5. The van der Waals surface area contributed by atoms with Crippen LogP contribution < -0.4 is 5.32 Å². The minimum absolute atomic E-state index is 0.0170. The molecule has 1 aromatic carbocycles. The number of furan rings is 1. The molecule has 0 aliphatic heterocycles. The van der Waals surface area contributed by atoms with Gasteiger partial charge in [-0.25, -0.2) is 0 Å². The van der Waals surface area contributed by atoms with Crippen LogP contribution in [0.3, 0.4) is 0 Å². The highest BCUT2D eigenvalue weighted by molar-refractivity contribution is 5.91. The summed E-state index contributed by atoms with van der Waals surface area (Å²) in [7, 11) is 0. The van der Waals surface area contributed by atoms with Crippen LogP contribution in [0.2, 0.25) is 0 Å². The zero-order valence-electron chi connectivity index (χ0n) is 11.1. The van der Waals surface area contributed by atoms with E-state index < -0.39 is 0 Å². The van der Waals surface area contributed by atoms with Crippen LogP contribution in [0.1, 0.15) is 30.0 Å². The van der Waals surface area contributed by atoms with Crippen LogP contribution in [-0.4, -0.2) is 5.91 Å². The lowest BCUT2D eigenvalue weighted by Crippen LogP contribution is -2.24. The molecule has 19 heavy (non-hydrogen) atoms. The SMILES string of the molecule is Cc1ccc(/C=C\C(=O)N[C@H](C)c2ccccc2)o1. The van der Waals surface area contributed by atoms with Crippen molar-refractivity contribution in [2.75, 3.05) is 0 Å². The second-order valence-corrected chi connectivity index (χ2v) is 4.42. The molecule has 2 aromatic rings. The average Bonchev–Trinajstić information content (AvgIpc) is 2.83. The molecule has 98 valence electrons. The first-order chi connectivity index (χ1) is 9.15. The van der Waals surface area contributed by atoms with Crippen molar-refractivity contribution < 1.29 is 9.21 Å². The Bertz CT molecular complexity index is 569. The third-order valence-electron chi connectivity index (χ3n) is 2.82. The lowest BCUT2D eigenvalue weighted by molar-refractivity contribution is -0.117. The fourth-order valence-electron chi connectivity index (χ4n) is 1.79. The first kappa shape index (κ1) is 13.1. The highest BCUT2D eigenvalue weighted by atomic mass is 16.3. The molecule has 1 aromatic heterocycles. The molecule has 1 N–H and O–H groups in total. The minimum Gasteiger partial charge on any atom is -0.462 e. The molecule has 0 aliphatic carbocycles. The first-order valence-electron chi connectivity index (χ1n) is 6.25. The molecule has 1 amide bonds. The van der Waals surface area contributed by atoms with Gasteiger partial charge in [-0.2, -0.15) is 0 Å². The van der Waals surface area contributed by atoms with E-state index in [1.807, 2.05) is 56.3 Å². The Morgan fingerprint density at radius 3 is 2.58 bits per heavy atom. The topological polar surface area (TPSA) is 42.2 Å². The summed E-state index contributed by atoms with van der Waals surface area (Å²) in [5.74, 6) is 1.38. The Morgan fingerprint density at radius 1 is 1.21 bits per heavy atom. The van der Waals surface area contributed by atoms with Crippen molar-refractivity contribution in [3.63, 3.8) is 0 Å². The summed E-state index contributed by atoms with van der Waals surface area (Å²) >= 11 is 0. The Balaban J connectivity index is 1.93. The summed E-state index contributed by atoms with van der Waals surface area (Å²) in [6.45, 7) is 3.83. The standard InChI is InChI=1S/C16H17NO2/c1-12-8-9-15(19-12)10-11-16(18)17-13(2)14-6-4-3-5-7-14/h3-11,13H,1-2H3,(H,17,18)/b11-10-/t13-/m1/s1. The largest absolute Gasteiger partial charge is 0.462 e. The zero-order chi connectivity index (χ0) is 13.7. The number of nitrogens with one attached hydrogen (secondary N) is 1. The number of carbonyl (C=O) groups is 1. The number of hydrogen-bond acceptors (Lipinski definition) is 2. The maximum atomic E-state index is 11.8. The summed E-state index contributed by atoms with van der Waals surface area (Å²) < 4.78 is 5.36. The van der Waals surface area contributed by atoms with Crippen LogP contribution in [0.5, 0.6) is 0 Å². The summed E-state index contributed by atoms with van der Waals surface area (Å²) in [4.78, 5) is 11.8. The molecule has 0 aliphatic rings. The third kappa shape index (κ3) is 3.85. The second kappa shape index (κ2) is 6.05. The molecule has 0 bridgehead atoms. The molecule has 2 rings (SSSR count). The molecule has 1 heterocycles. The van der Waals surface area contributed by atoms with Gasteiger partial charge in [0.25, 0.3) is 0 Å². The van der Waals surface area contributed by atoms with Crippen LogP contribution >= 0.6 is 0 Å². The Hall–Kier alpha value is -2.29. The highest BCUT2D eigenvalue weighted by Crippen LogP contribution is 2.11. The van der Waals surface area contributed by atoms with Gasteiger partial charge in [0.15, 0.2) is 0 Å². The van der Waals surface area contributed by atoms with Crippen molar-refractivity contribution in [1.82, 2.24) is 5.32 Å². The molecule has 0 spiro atoms.